The second kappa shape index (κ2) is 12.1. The molecule has 2 saturated heterocycles. The standard InChI is InChI=1S/C28H34N2O7/c1-3-36-27(33)26-20(17-31)9-10-22(29(26)21-11-13-24(35-2)14-12-21)16-25(32)30-23(18-37-28(30)34)15-19-7-5-4-6-8-19/h4-8,11-14,20,22-23,26,31H,3,9-10,15-18H2,1-2H3/t20-,22-,23+,26+/m1/s1. The van der Waals surface area contributed by atoms with Crippen molar-refractivity contribution in [1.82, 2.24) is 4.90 Å². The zero-order chi connectivity index (χ0) is 26.4. The number of nitrogens with zero attached hydrogens (tertiary/aromatic N) is 2. The number of hydrogen-bond acceptors (Lipinski definition) is 8. The van der Waals surface area contributed by atoms with Crippen LogP contribution in [0, 0.1) is 5.92 Å². The van der Waals surface area contributed by atoms with Gasteiger partial charge in [0, 0.05) is 30.7 Å². The minimum absolute atomic E-state index is 0.0144. The van der Waals surface area contributed by atoms with Crippen molar-refractivity contribution < 1.29 is 33.7 Å². The molecule has 2 aliphatic heterocycles. The van der Waals surface area contributed by atoms with Crippen molar-refractivity contribution in [3.63, 3.8) is 0 Å². The second-order valence-electron chi connectivity index (χ2n) is 9.36. The highest BCUT2D eigenvalue weighted by molar-refractivity contribution is 5.94. The van der Waals surface area contributed by atoms with Crippen LogP contribution in [0.1, 0.15) is 31.7 Å². The molecular weight excluding hydrogens is 476 g/mol. The smallest absolute Gasteiger partial charge is 0.416 e. The number of aliphatic hydroxyl groups is 1. The first-order chi connectivity index (χ1) is 18.0. The number of carbonyl (C=O) groups is 3. The van der Waals surface area contributed by atoms with Gasteiger partial charge in [-0.3, -0.25) is 4.79 Å². The molecule has 0 unspecified atom stereocenters. The van der Waals surface area contributed by atoms with Gasteiger partial charge in [0.15, 0.2) is 0 Å². The first-order valence-electron chi connectivity index (χ1n) is 12.7. The summed E-state index contributed by atoms with van der Waals surface area (Å²) in [4.78, 5) is 42.3. The van der Waals surface area contributed by atoms with E-state index in [4.69, 9.17) is 14.2 Å². The van der Waals surface area contributed by atoms with E-state index in [0.717, 1.165) is 5.56 Å². The maximum Gasteiger partial charge on any atom is 0.416 e. The average molecular weight is 511 g/mol. The Labute approximate surface area is 216 Å². The maximum atomic E-state index is 13.6. The molecule has 0 aliphatic carbocycles. The molecule has 2 fully saturated rings. The Balaban J connectivity index is 1.61. The molecule has 2 aliphatic rings. The molecule has 2 aromatic rings. The Hall–Kier alpha value is -3.59. The third-order valence-corrected chi connectivity index (χ3v) is 7.10. The average Bonchev–Trinajstić information content (AvgIpc) is 3.28. The van der Waals surface area contributed by atoms with Gasteiger partial charge in [-0.05, 0) is 56.0 Å². The van der Waals surface area contributed by atoms with Gasteiger partial charge in [0.1, 0.15) is 18.4 Å². The molecule has 9 heteroatoms. The molecule has 0 saturated carbocycles. The van der Waals surface area contributed by atoms with Gasteiger partial charge in [-0.25, -0.2) is 14.5 Å². The number of aliphatic hydroxyl groups excluding tert-OH is 1. The van der Waals surface area contributed by atoms with Gasteiger partial charge in [0.05, 0.1) is 19.8 Å². The lowest BCUT2D eigenvalue weighted by Gasteiger charge is -2.46. The summed E-state index contributed by atoms with van der Waals surface area (Å²) >= 11 is 0. The molecule has 0 radical (unpaired) electrons. The number of methoxy groups -OCH3 is 1. The highest BCUT2D eigenvalue weighted by Crippen LogP contribution is 2.36. The molecule has 9 nitrogen and oxygen atoms in total. The monoisotopic (exact) mass is 510 g/mol. The number of amides is 2. The minimum Gasteiger partial charge on any atom is -0.497 e. The zero-order valence-electron chi connectivity index (χ0n) is 21.2. The van der Waals surface area contributed by atoms with Gasteiger partial charge in [-0.15, -0.1) is 0 Å². The van der Waals surface area contributed by atoms with Gasteiger partial charge in [-0.2, -0.15) is 0 Å². The van der Waals surface area contributed by atoms with Gasteiger partial charge in [0.25, 0.3) is 0 Å². The van der Waals surface area contributed by atoms with Gasteiger partial charge in [-0.1, -0.05) is 30.3 Å². The fourth-order valence-electron chi connectivity index (χ4n) is 5.31. The van der Waals surface area contributed by atoms with E-state index in [1.165, 1.54) is 4.90 Å². The quantitative estimate of drug-likeness (QED) is 0.513. The van der Waals surface area contributed by atoms with Gasteiger partial charge < -0.3 is 24.2 Å². The van der Waals surface area contributed by atoms with E-state index in [1.54, 1.807) is 26.2 Å². The van der Waals surface area contributed by atoms with Crippen LogP contribution in [0.3, 0.4) is 0 Å². The van der Waals surface area contributed by atoms with Crippen LogP contribution in [0.2, 0.25) is 0 Å². The normalized spacial score (nSPS) is 23.5. The summed E-state index contributed by atoms with van der Waals surface area (Å²) in [6.07, 6.45) is 0.977. The molecule has 2 heterocycles. The number of hydrogen-bond donors (Lipinski definition) is 1. The van der Waals surface area contributed by atoms with Crippen LogP contribution in [-0.4, -0.2) is 73.0 Å². The zero-order valence-corrected chi connectivity index (χ0v) is 21.2. The summed E-state index contributed by atoms with van der Waals surface area (Å²) in [5.74, 6) is -0.493. The predicted molar refractivity (Wildman–Crippen MR) is 136 cm³/mol. The van der Waals surface area contributed by atoms with Gasteiger partial charge in [0.2, 0.25) is 5.91 Å². The van der Waals surface area contributed by atoms with Crippen molar-refractivity contribution in [2.24, 2.45) is 5.92 Å². The molecule has 0 aromatic heterocycles. The first-order valence-corrected chi connectivity index (χ1v) is 12.7. The van der Waals surface area contributed by atoms with Crippen LogP contribution >= 0.6 is 0 Å². The van der Waals surface area contributed by atoms with E-state index in [0.29, 0.717) is 30.7 Å². The van der Waals surface area contributed by atoms with Crippen LogP contribution in [0.4, 0.5) is 10.5 Å². The van der Waals surface area contributed by atoms with E-state index in [2.05, 4.69) is 0 Å². The van der Waals surface area contributed by atoms with Crippen LogP contribution in [-0.2, 0) is 25.5 Å². The second-order valence-corrected chi connectivity index (χ2v) is 9.36. The third-order valence-electron chi connectivity index (χ3n) is 7.10. The Bertz CT molecular complexity index is 1080. The molecule has 1 N–H and O–H groups in total. The van der Waals surface area contributed by atoms with Crippen molar-refractivity contribution in [3.8, 4) is 5.75 Å². The van der Waals surface area contributed by atoms with Crippen molar-refractivity contribution in [2.75, 3.05) is 31.8 Å². The van der Waals surface area contributed by atoms with Crippen molar-refractivity contribution >= 4 is 23.7 Å². The number of anilines is 1. The van der Waals surface area contributed by atoms with E-state index in [1.807, 2.05) is 47.4 Å². The van der Waals surface area contributed by atoms with Crippen molar-refractivity contribution in [3.05, 3.63) is 60.2 Å². The van der Waals surface area contributed by atoms with Crippen LogP contribution in [0.25, 0.3) is 0 Å². The maximum absolute atomic E-state index is 13.6. The summed E-state index contributed by atoms with van der Waals surface area (Å²) in [6, 6.07) is 15.3. The number of imide groups is 1. The summed E-state index contributed by atoms with van der Waals surface area (Å²) < 4.78 is 15.9. The highest BCUT2D eigenvalue weighted by Gasteiger charge is 2.45. The SMILES string of the molecule is CCOC(=O)[C@@H]1[C@@H](CO)CC[C@H](CC(=O)N2C(=O)OC[C@@H]2Cc2ccccc2)N1c1ccc(OC)cc1. The Morgan fingerprint density at radius 2 is 1.78 bits per heavy atom. The van der Waals surface area contributed by atoms with E-state index >= 15 is 0 Å². The van der Waals surface area contributed by atoms with Crippen molar-refractivity contribution in [1.29, 1.82) is 0 Å². The summed E-state index contributed by atoms with van der Waals surface area (Å²) in [7, 11) is 1.57. The minimum atomic E-state index is -0.768. The fraction of sp³-hybridized carbons (Fsp3) is 0.464. The summed E-state index contributed by atoms with van der Waals surface area (Å²) in [5.41, 5.74) is 1.72. The summed E-state index contributed by atoms with van der Waals surface area (Å²) in [6.45, 7) is 1.90. The van der Waals surface area contributed by atoms with Crippen molar-refractivity contribution in [2.45, 2.75) is 50.7 Å². The Morgan fingerprint density at radius 3 is 2.43 bits per heavy atom. The lowest BCUT2D eigenvalue weighted by molar-refractivity contribution is -0.148. The van der Waals surface area contributed by atoms with Crippen LogP contribution in [0.5, 0.6) is 5.75 Å². The number of piperidine rings is 1. The largest absolute Gasteiger partial charge is 0.497 e. The van der Waals surface area contributed by atoms with Crippen LogP contribution < -0.4 is 9.64 Å². The number of esters is 1. The molecule has 0 bridgehead atoms. The molecular formula is C28H34N2O7. The first kappa shape index (κ1) is 26.5. The third kappa shape index (κ3) is 5.88. The number of ether oxygens (including phenoxy) is 3. The fourth-order valence-corrected chi connectivity index (χ4v) is 5.31. The number of benzene rings is 2. The molecule has 4 rings (SSSR count). The molecule has 4 atom stereocenters. The molecule has 2 aromatic carbocycles. The topological polar surface area (TPSA) is 106 Å². The Kier molecular flexibility index (Phi) is 8.66. The highest BCUT2D eigenvalue weighted by atomic mass is 16.6. The summed E-state index contributed by atoms with van der Waals surface area (Å²) in [5, 5.41) is 10.1. The number of carbonyl (C=O) groups excluding carboxylic acids is 3. The van der Waals surface area contributed by atoms with E-state index in [-0.39, 0.29) is 44.1 Å². The molecule has 2 amide bonds. The number of cyclic esters (lactones) is 1. The molecule has 37 heavy (non-hydrogen) atoms. The Morgan fingerprint density at radius 1 is 1.05 bits per heavy atom. The lowest BCUT2D eigenvalue weighted by Crippen LogP contribution is -2.58. The lowest BCUT2D eigenvalue weighted by atomic mass is 9.83. The van der Waals surface area contributed by atoms with E-state index in [9.17, 15) is 19.5 Å². The van der Waals surface area contributed by atoms with E-state index < -0.39 is 24.1 Å². The predicted octanol–water partition coefficient (Wildman–Crippen LogP) is 3.18. The van der Waals surface area contributed by atoms with Gasteiger partial charge >= 0.3 is 12.1 Å². The van der Waals surface area contributed by atoms with Crippen LogP contribution in [0.15, 0.2) is 54.6 Å². The molecule has 198 valence electrons. The number of rotatable bonds is 9. The molecule has 0 spiro atoms.